The highest BCUT2D eigenvalue weighted by atomic mass is 16.8. The number of aliphatic hydroxyl groups is 11. The van der Waals surface area contributed by atoms with Gasteiger partial charge in [0.05, 0.1) is 44.2 Å². The molecule has 0 aromatic heterocycles. The highest BCUT2D eigenvalue weighted by molar-refractivity contribution is 5.26. The zero-order valence-corrected chi connectivity index (χ0v) is 42.2. The van der Waals surface area contributed by atoms with E-state index in [1.165, 1.54) is 19.4 Å². The van der Waals surface area contributed by atoms with E-state index in [1.54, 1.807) is 0 Å². The van der Waals surface area contributed by atoms with Gasteiger partial charge in [-0.3, -0.25) is 0 Å². The van der Waals surface area contributed by atoms with E-state index in [9.17, 15) is 56.2 Å². The molecule has 10 aliphatic rings. The molecule has 0 amide bonds. The third-order valence-corrected chi connectivity index (χ3v) is 19.8. The molecule has 72 heavy (non-hydrogen) atoms. The van der Waals surface area contributed by atoms with Crippen molar-refractivity contribution in [2.45, 2.75) is 240 Å². The molecule has 21 heteroatoms. The standard InChI is InChI=1S/C51H82O21/c1-20-9-14-51(63-19-20)21(2)32-29(72-51)16-28-26-8-7-24-15-25(10-12-49(24,5)27(26)11-13-50(28,32)6)66-48-44(71-46-39(60)36(57)34(55)23(4)65-46)41(62)43(31(18-53)68-48)70-47-40(61)37(58)42(30(17-52)67-47)69-45-38(59)35(56)33(54)22(3)64-45/h7,20-23,25-48,52-62H,8-19H2,1-6H3. The van der Waals surface area contributed by atoms with Gasteiger partial charge >= 0.3 is 0 Å². The van der Waals surface area contributed by atoms with E-state index in [0.29, 0.717) is 48.3 Å². The van der Waals surface area contributed by atoms with Gasteiger partial charge in [-0.05, 0) is 106 Å². The van der Waals surface area contributed by atoms with E-state index in [4.69, 9.17) is 47.4 Å². The molecule has 31 unspecified atom stereocenters. The minimum atomic E-state index is -1.96. The van der Waals surface area contributed by atoms with Crippen molar-refractivity contribution in [3.63, 3.8) is 0 Å². The number of hydrogen-bond acceptors (Lipinski definition) is 21. The van der Waals surface area contributed by atoms with Gasteiger partial charge in [-0.15, -0.1) is 0 Å². The van der Waals surface area contributed by atoms with Crippen LogP contribution in [0.15, 0.2) is 11.6 Å². The molecule has 4 aliphatic carbocycles. The van der Waals surface area contributed by atoms with Crippen LogP contribution in [0.5, 0.6) is 0 Å². The van der Waals surface area contributed by atoms with Crippen LogP contribution in [0.1, 0.15) is 99.3 Å². The van der Waals surface area contributed by atoms with E-state index in [-0.39, 0.29) is 16.9 Å². The lowest BCUT2D eigenvalue weighted by molar-refractivity contribution is -0.395. The Morgan fingerprint density at radius 1 is 0.583 bits per heavy atom. The number of ether oxygens (including phenoxy) is 10. The van der Waals surface area contributed by atoms with Gasteiger partial charge < -0.3 is 104 Å². The highest BCUT2D eigenvalue weighted by Gasteiger charge is 2.69. The van der Waals surface area contributed by atoms with Crippen LogP contribution in [0.3, 0.4) is 0 Å². The molecule has 1 spiro atoms. The molecule has 6 saturated heterocycles. The Balaban J connectivity index is 0.842. The molecule has 6 aliphatic heterocycles. The molecule has 0 bridgehead atoms. The number of rotatable bonds is 10. The fraction of sp³-hybridized carbons (Fsp3) is 0.961. The first-order valence-electron chi connectivity index (χ1n) is 26.7. The van der Waals surface area contributed by atoms with Crippen molar-refractivity contribution >= 4 is 0 Å². The van der Waals surface area contributed by atoms with Crippen molar-refractivity contribution in [3.05, 3.63) is 11.6 Å². The lowest BCUT2D eigenvalue weighted by atomic mass is 9.47. The van der Waals surface area contributed by atoms with Gasteiger partial charge in [0, 0.05) is 12.3 Å². The molecular weight excluding hydrogens is 949 g/mol. The van der Waals surface area contributed by atoms with Gasteiger partial charge in [0.25, 0.3) is 0 Å². The monoisotopic (exact) mass is 1030 g/mol. The summed E-state index contributed by atoms with van der Waals surface area (Å²) in [7, 11) is 0. The second kappa shape index (κ2) is 20.6. The van der Waals surface area contributed by atoms with Gasteiger partial charge in [-0.2, -0.15) is 0 Å². The van der Waals surface area contributed by atoms with Crippen LogP contribution in [0.25, 0.3) is 0 Å². The highest BCUT2D eigenvalue weighted by Crippen LogP contribution is 2.71. The zero-order chi connectivity index (χ0) is 51.5. The Morgan fingerprint density at radius 2 is 1.15 bits per heavy atom. The second-order valence-corrected chi connectivity index (χ2v) is 23.9. The van der Waals surface area contributed by atoms with Crippen LogP contribution in [0.4, 0.5) is 0 Å². The van der Waals surface area contributed by atoms with E-state index in [0.717, 1.165) is 51.6 Å². The van der Waals surface area contributed by atoms with E-state index >= 15 is 0 Å². The van der Waals surface area contributed by atoms with Crippen molar-refractivity contribution in [2.24, 2.45) is 46.3 Å². The maximum atomic E-state index is 12.3. The predicted octanol–water partition coefficient (Wildman–Crippen LogP) is -0.934. The van der Waals surface area contributed by atoms with Crippen molar-refractivity contribution in [2.75, 3.05) is 19.8 Å². The van der Waals surface area contributed by atoms with Gasteiger partial charge in [0.1, 0.15) is 85.5 Å². The Kier molecular flexibility index (Phi) is 15.5. The third-order valence-electron chi connectivity index (χ3n) is 19.8. The molecule has 10 rings (SSSR count). The summed E-state index contributed by atoms with van der Waals surface area (Å²) in [5, 5.41) is 119. The molecule has 21 nitrogen and oxygen atoms in total. The summed E-state index contributed by atoms with van der Waals surface area (Å²) in [4.78, 5) is 0. The fourth-order valence-electron chi connectivity index (χ4n) is 15.5. The molecule has 9 fully saturated rings. The first-order valence-corrected chi connectivity index (χ1v) is 26.7. The molecule has 6 heterocycles. The molecule has 0 aromatic rings. The van der Waals surface area contributed by atoms with Gasteiger partial charge in [0.2, 0.25) is 0 Å². The van der Waals surface area contributed by atoms with Gasteiger partial charge in [-0.25, -0.2) is 0 Å². The van der Waals surface area contributed by atoms with Crippen LogP contribution in [-0.4, -0.2) is 217 Å². The van der Waals surface area contributed by atoms with Crippen molar-refractivity contribution in [3.8, 4) is 0 Å². The Morgan fingerprint density at radius 3 is 1.75 bits per heavy atom. The lowest BCUT2D eigenvalue weighted by Crippen LogP contribution is -2.67. The normalized spacial score (nSPS) is 57.8. The number of aliphatic hydroxyl groups excluding tert-OH is 11. The quantitative estimate of drug-likeness (QED) is 0.118. The van der Waals surface area contributed by atoms with Crippen LogP contribution >= 0.6 is 0 Å². The summed E-state index contributed by atoms with van der Waals surface area (Å²) in [6, 6.07) is 0. The summed E-state index contributed by atoms with van der Waals surface area (Å²) in [6.45, 7) is 11.6. The maximum absolute atomic E-state index is 12.3. The Bertz CT molecular complexity index is 1900. The molecular formula is C51H82O21. The van der Waals surface area contributed by atoms with Gasteiger partial charge in [-0.1, -0.05) is 39.3 Å². The van der Waals surface area contributed by atoms with Crippen LogP contribution < -0.4 is 0 Å². The lowest BCUT2D eigenvalue weighted by Gasteiger charge is -2.59. The van der Waals surface area contributed by atoms with Crippen molar-refractivity contribution in [1.29, 1.82) is 0 Å². The van der Waals surface area contributed by atoms with Crippen molar-refractivity contribution < 1.29 is 104 Å². The summed E-state index contributed by atoms with van der Waals surface area (Å²) in [5.41, 5.74) is 1.39. The average molecular weight is 1030 g/mol. The number of fused-ring (bicyclic) bond motifs is 7. The maximum Gasteiger partial charge on any atom is 0.187 e. The predicted molar refractivity (Wildman–Crippen MR) is 245 cm³/mol. The fourth-order valence-corrected chi connectivity index (χ4v) is 15.5. The number of hydrogen-bond donors (Lipinski definition) is 11. The topological polar surface area (TPSA) is 315 Å². The largest absolute Gasteiger partial charge is 0.394 e. The summed E-state index contributed by atoms with van der Waals surface area (Å²) >= 11 is 0. The van der Waals surface area contributed by atoms with E-state index in [2.05, 4.69) is 33.8 Å². The number of allylic oxidation sites excluding steroid dienone is 1. The third kappa shape index (κ3) is 9.09. The summed E-state index contributed by atoms with van der Waals surface area (Å²) < 4.78 is 61.9. The average Bonchev–Trinajstić information content (AvgIpc) is 3.81. The Hall–Kier alpha value is -1.10. The minimum Gasteiger partial charge on any atom is -0.394 e. The molecule has 31 atom stereocenters. The molecule has 11 N–H and O–H groups in total. The van der Waals surface area contributed by atoms with Crippen LogP contribution in [-0.2, 0) is 47.4 Å². The van der Waals surface area contributed by atoms with Crippen LogP contribution in [0, 0.1) is 46.3 Å². The van der Waals surface area contributed by atoms with Gasteiger partial charge in [0.15, 0.2) is 30.9 Å². The molecule has 0 aromatic carbocycles. The Labute approximate surface area is 420 Å². The smallest absolute Gasteiger partial charge is 0.187 e. The minimum absolute atomic E-state index is 0.0754. The molecule has 0 radical (unpaired) electrons. The zero-order valence-electron chi connectivity index (χ0n) is 42.2. The van der Waals surface area contributed by atoms with Crippen molar-refractivity contribution in [1.82, 2.24) is 0 Å². The van der Waals surface area contributed by atoms with E-state index < -0.39 is 148 Å². The first kappa shape index (κ1) is 54.3. The second-order valence-electron chi connectivity index (χ2n) is 23.9. The molecule has 412 valence electrons. The first-order chi connectivity index (χ1) is 34.1. The SMILES string of the molecule is CC1CCC2(OC1)OC1CC3C4CC=C5CC(OC6OC(CO)C(OC7OC(CO)C(OC8OC(C)C(O)C(O)C8O)C(O)C7O)C(O)C6OC6OC(C)C(O)C(O)C6O)CCC5(C)C4CCC3(C)C1C2C. The summed E-state index contributed by atoms with van der Waals surface area (Å²) in [6.07, 6.45) is -21.0. The molecule has 3 saturated carbocycles. The van der Waals surface area contributed by atoms with E-state index in [1.807, 2.05) is 0 Å². The van der Waals surface area contributed by atoms with Crippen LogP contribution in [0.2, 0.25) is 0 Å². The summed E-state index contributed by atoms with van der Waals surface area (Å²) in [5.74, 6) is 2.39.